The largest absolute Gasteiger partial charge is 0.348 e. The molecular weight excluding hydrogens is 272 g/mol. The van der Waals surface area contributed by atoms with Gasteiger partial charge >= 0.3 is 0 Å². The molecule has 0 saturated carbocycles. The minimum absolute atomic E-state index is 0.127. The van der Waals surface area contributed by atoms with Crippen LogP contribution in [0.3, 0.4) is 0 Å². The molecule has 6 heteroatoms. The first-order chi connectivity index (χ1) is 9.81. The quantitative estimate of drug-likeness (QED) is 0.932. The number of rotatable bonds is 3. The molecule has 2 aromatic heterocycles. The molecule has 0 fully saturated rings. The third-order valence-electron chi connectivity index (χ3n) is 3.51. The fourth-order valence-electron chi connectivity index (χ4n) is 2.63. The first-order valence-corrected chi connectivity index (χ1v) is 7.91. The fraction of sp³-hybridized carbons (Fsp3) is 0.357. The Kier molecular flexibility index (Phi) is 3.73. The Bertz CT molecular complexity index is 598. The Morgan fingerprint density at radius 3 is 3.25 bits per heavy atom. The van der Waals surface area contributed by atoms with Gasteiger partial charge in [-0.1, -0.05) is 6.07 Å². The number of aromatic nitrogens is 3. The van der Waals surface area contributed by atoms with E-state index in [1.807, 2.05) is 29.5 Å². The number of carbonyl (C=O) groups is 1. The van der Waals surface area contributed by atoms with Gasteiger partial charge in [0.15, 0.2) is 0 Å². The van der Waals surface area contributed by atoms with Crippen LogP contribution in [-0.4, -0.2) is 44.3 Å². The van der Waals surface area contributed by atoms with E-state index in [1.165, 1.54) is 0 Å². The number of aromatic amines is 1. The summed E-state index contributed by atoms with van der Waals surface area (Å²) in [4.78, 5) is 26.0. The molecule has 0 saturated heterocycles. The van der Waals surface area contributed by atoms with E-state index in [-0.39, 0.29) is 11.9 Å². The van der Waals surface area contributed by atoms with Crippen molar-refractivity contribution < 1.29 is 4.79 Å². The third-order valence-corrected chi connectivity index (χ3v) is 4.05. The second-order valence-electron chi connectivity index (χ2n) is 4.73. The number of hydrogen-bond acceptors (Lipinski definition) is 4. The maximum absolute atomic E-state index is 12.4. The number of pyridine rings is 1. The summed E-state index contributed by atoms with van der Waals surface area (Å²) in [7, 11) is 0. The number of thioether (sulfide) groups is 1. The molecule has 5 nitrogen and oxygen atoms in total. The van der Waals surface area contributed by atoms with Crippen molar-refractivity contribution in [3.8, 4) is 0 Å². The molecule has 0 bridgehead atoms. The van der Waals surface area contributed by atoms with Gasteiger partial charge in [-0.3, -0.25) is 9.78 Å². The minimum atomic E-state index is -0.127. The van der Waals surface area contributed by atoms with Crippen LogP contribution in [0, 0.1) is 0 Å². The zero-order chi connectivity index (χ0) is 13.9. The number of fused-ring (bicyclic) bond motifs is 1. The standard InChI is InChI=1S/C14H16N4OS/c1-20-8-12(19)18-6-4-11-13(17-9-16-11)14(18)10-3-2-5-15-7-10/h2-3,5,7,9,14H,4,6,8H2,1H3,(H,16,17). The highest BCUT2D eigenvalue weighted by Crippen LogP contribution is 2.33. The van der Waals surface area contributed by atoms with Crippen LogP contribution in [0.2, 0.25) is 0 Å². The first kappa shape index (κ1) is 13.2. The van der Waals surface area contributed by atoms with Gasteiger partial charge in [-0.05, 0) is 17.9 Å². The Labute approximate surface area is 121 Å². The van der Waals surface area contributed by atoms with Crippen molar-refractivity contribution in [1.82, 2.24) is 19.9 Å². The Balaban J connectivity index is 2.01. The van der Waals surface area contributed by atoms with E-state index < -0.39 is 0 Å². The molecule has 3 heterocycles. The van der Waals surface area contributed by atoms with Gasteiger partial charge in [0.2, 0.25) is 5.91 Å². The number of nitrogens with one attached hydrogen (secondary N) is 1. The van der Waals surface area contributed by atoms with E-state index in [0.29, 0.717) is 12.3 Å². The first-order valence-electron chi connectivity index (χ1n) is 6.51. The third kappa shape index (κ3) is 2.31. The number of H-pyrrole nitrogens is 1. The Morgan fingerprint density at radius 2 is 2.50 bits per heavy atom. The highest BCUT2D eigenvalue weighted by molar-refractivity contribution is 7.99. The van der Waals surface area contributed by atoms with E-state index in [1.54, 1.807) is 24.3 Å². The van der Waals surface area contributed by atoms with Gasteiger partial charge in [0.05, 0.1) is 17.8 Å². The zero-order valence-electron chi connectivity index (χ0n) is 11.2. The number of amides is 1. The SMILES string of the molecule is CSCC(=O)N1CCc2[nH]cnc2C1c1cccnc1. The summed E-state index contributed by atoms with van der Waals surface area (Å²) in [6.07, 6.45) is 8.03. The normalized spacial score (nSPS) is 17.9. The van der Waals surface area contributed by atoms with Gasteiger partial charge in [0.25, 0.3) is 0 Å². The number of nitrogens with zero attached hydrogens (tertiary/aromatic N) is 3. The van der Waals surface area contributed by atoms with Crippen LogP contribution < -0.4 is 0 Å². The van der Waals surface area contributed by atoms with Crippen molar-refractivity contribution in [1.29, 1.82) is 0 Å². The predicted molar refractivity (Wildman–Crippen MR) is 78.5 cm³/mol. The molecule has 0 aliphatic carbocycles. The van der Waals surface area contributed by atoms with Gasteiger partial charge in [-0.2, -0.15) is 11.8 Å². The molecule has 1 aliphatic heterocycles. The average Bonchev–Trinajstić information content (AvgIpc) is 2.95. The molecule has 2 aromatic rings. The van der Waals surface area contributed by atoms with Crippen molar-refractivity contribution in [2.45, 2.75) is 12.5 Å². The van der Waals surface area contributed by atoms with Crippen LogP contribution in [0.15, 0.2) is 30.9 Å². The lowest BCUT2D eigenvalue weighted by Crippen LogP contribution is -2.41. The van der Waals surface area contributed by atoms with E-state index in [0.717, 1.165) is 23.4 Å². The van der Waals surface area contributed by atoms with Crippen LogP contribution in [0.4, 0.5) is 0 Å². The highest BCUT2D eigenvalue weighted by atomic mass is 32.2. The van der Waals surface area contributed by atoms with E-state index in [2.05, 4.69) is 15.0 Å². The lowest BCUT2D eigenvalue weighted by atomic mass is 9.97. The van der Waals surface area contributed by atoms with Gasteiger partial charge < -0.3 is 9.88 Å². The number of hydrogen-bond donors (Lipinski definition) is 1. The molecule has 0 spiro atoms. The highest BCUT2D eigenvalue weighted by Gasteiger charge is 2.33. The summed E-state index contributed by atoms with van der Waals surface area (Å²) < 4.78 is 0. The summed E-state index contributed by atoms with van der Waals surface area (Å²) >= 11 is 1.55. The van der Waals surface area contributed by atoms with Crippen molar-refractivity contribution >= 4 is 17.7 Å². The monoisotopic (exact) mass is 288 g/mol. The molecular formula is C14H16N4OS. The predicted octanol–water partition coefficient (Wildman–Crippen LogP) is 1.64. The van der Waals surface area contributed by atoms with Gasteiger partial charge in [-0.25, -0.2) is 4.98 Å². The van der Waals surface area contributed by atoms with Gasteiger partial charge in [-0.15, -0.1) is 0 Å². The number of imidazole rings is 1. The molecule has 104 valence electrons. The summed E-state index contributed by atoms with van der Waals surface area (Å²) in [5, 5.41) is 0. The Hall–Kier alpha value is -1.82. The summed E-state index contributed by atoms with van der Waals surface area (Å²) in [5.41, 5.74) is 3.07. The lowest BCUT2D eigenvalue weighted by Gasteiger charge is -2.35. The second-order valence-corrected chi connectivity index (χ2v) is 5.59. The van der Waals surface area contributed by atoms with E-state index in [9.17, 15) is 4.79 Å². The lowest BCUT2D eigenvalue weighted by molar-refractivity contribution is -0.130. The zero-order valence-corrected chi connectivity index (χ0v) is 12.1. The van der Waals surface area contributed by atoms with E-state index in [4.69, 9.17) is 0 Å². The molecule has 0 aromatic carbocycles. The van der Waals surface area contributed by atoms with Crippen molar-refractivity contribution in [3.63, 3.8) is 0 Å². The van der Waals surface area contributed by atoms with Crippen LogP contribution in [0.25, 0.3) is 0 Å². The van der Waals surface area contributed by atoms with Crippen molar-refractivity contribution in [2.75, 3.05) is 18.6 Å². The Morgan fingerprint density at radius 1 is 1.60 bits per heavy atom. The second kappa shape index (κ2) is 5.66. The molecule has 1 atom stereocenters. The molecule has 20 heavy (non-hydrogen) atoms. The van der Waals surface area contributed by atoms with Gasteiger partial charge in [0, 0.05) is 31.1 Å². The van der Waals surface area contributed by atoms with Crippen LogP contribution >= 0.6 is 11.8 Å². The molecule has 1 N–H and O–H groups in total. The summed E-state index contributed by atoms with van der Waals surface area (Å²) in [6, 6.07) is 3.77. The van der Waals surface area contributed by atoms with Crippen LogP contribution in [0.5, 0.6) is 0 Å². The molecule has 1 aliphatic rings. The van der Waals surface area contributed by atoms with Crippen LogP contribution in [0.1, 0.15) is 23.0 Å². The van der Waals surface area contributed by atoms with Gasteiger partial charge in [0.1, 0.15) is 6.04 Å². The molecule has 3 rings (SSSR count). The average molecular weight is 288 g/mol. The van der Waals surface area contributed by atoms with Crippen molar-refractivity contribution in [2.24, 2.45) is 0 Å². The summed E-state index contributed by atoms with van der Waals surface area (Å²) in [6.45, 7) is 0.716. The number of carbonyl (C=O) groups excluding carboxylic acids is 1. The maximum Gasteiger partial charge on any atom is 0.233 e. The van der Waals surface area contributed by atoms with E-state index >= 15 is 0 Å². The maximum atomic E-state index is 12.4. The van der Waals surface area contributed by atoms with Crippen molar-refractivity contribution in [3.05, 3.63) is 47.8 Å². The topological polar surface area (TPSA) is 61.9 Å². The van der Waals surface area contributed by atoms with Crippen LogP contribution in [-0.2, 0) is 11.2 Å². The fourth-order valence-corrected chi connectivity index (χ4v) is 3.04. The minimum Gasteiger partial charge on any atom is -0.348 e. The smallest absolute Gasteiger partial charge is 0.233 e. The molecule has 0 radical (unpaired) electrons. The summed E-state index contributed by atoms with van der Waals surface area (Å²) in [5.74, 6) is 0.649. The molecule has 1 unspecified atom stereocenters. The molecule has 1 amide bonds.